The van der Waals surface area contributed by atoms with Crippen LogP contribution in [0.25, 0.3) is 11.1 Å². The molecule has 1 aromatic heterocycles. The van der Waals surface area contributed by atoms with E-state index in [0.29, 0.717) is 22.6 Å². The lowest BCUT2D eigenvalue weighted by Gasteiger charge is -2.24. The summed E-state index contributed by atoms with van der Waals surface area (Å²) in [5.74, 6) is -0.777. The molecule has 0 unspecified atom stereocenters. The number of carbonyl (C=O) groups excluding carboxylic acids is 1. The standard InChI is InChI=1S/C25H32F2N2O/c1-17-24(25(30)28-22-10-6-3-7-11-22)23(19-12-20(26)14-21(27)13-19)16-29(17)15-18-8-4-2-5-9-18/h12-14,16,18,22H,2-11,15H2,1H3,(H,28,30). The molecule has 0 atom stereocenters. The SMILES string of the molecule is Cc1c(C(=O)NC2CCCCC2)c(-c2cc(F)cc(F)c2)cn1CC1CCCCC1. The summed E-state index contributed by atoms with van der Waals surface area (Å²) >= 11 is 0. The van der Waals surface area contributed by atoms with Crippen LogP contribution in [-0.4, -0.2) is 16.5 Å². The molecule has 2 fully saturated rings. The lowest BCUT2D eigenvalue weighted by atomic mass is 9.89. The summed E-state index contributed by atoms with van der Waals surface area (Å²) in [6.07, 6.45) is 13.6. The van der Waals surface area contributed by atoms with E-state index in [4.69, 9.17) is 0 Å². The van der Waals surface area contributed by atoms with Gasteiger partial charge in [-0.1, -0.05) is 38.5 Å². The molecule has 4 rings (SSSR count). The number of aromatic nitrogens is 1. The molecule has 0 spiro atoms. The maximum Gasteiger partial charge on any atom is 0.253 e. The van der Waals surface area contributed by atoms with Gasteiger partial charge in [0.15, 0.2) is 0 Å². The summed E-state index contributed by atoms with van der Waals surface area (Å²) in [4.78, 5) is 13.3. The Hall–Kier alpha value is -2.17. The normalized spacial score (nSPS) is 18.5. The second kappa shape index (κ2) is 9.32. The topological polar surface area (TPSA) is 34.0 Å². The van der Waals surface area contributed by atoms with Gasteiger partial charge in [0, 0.05) is 36.1 Å². The van der Waals surface area contributed by atoms with Crippen molar-refractivity contribution in [2.24, 2.45) is 5.92 Å². The number of nitrogens with one attached hydrogen (secondary N) is 1. The first kappa shape index (κ1) is 21.1. The lowest BCUT2D eigenvalue weighted by molar-refractivity contribution is 0.0927. The van der Waals surface area contributed by atoms with Gasteiger partial charge in [0.05, 0.1) is 5.56 Å². The van der Waals surface area contributed by atoms with Crippen LogP contribution < -0.4 is 5.32 Å². The van der Waals surface area contributed by atoms with Crippen LogP contribution in [0.3, 0.4) is 0 Å². The fourth-order valence-corrected chi connectivity index (χ4v) is 5.21. The smallest absolute Gasteiger partial charge is 0.253 e. The van der Waals surface area contributed by atoms with E-state index in [1.807, 2.05) is 13.1 Å². The third kappa shape index (κ3) is 4.76. The Bertz CT molecular complexity index is 873. The van der Waals surface area contributed by atoms with E-state index in [9.17, 15) is 13.6 Å². The molecule has 0 saturated heterocycles. The van der Waals surface area contributed by atoms with Crippen molar-refractivity contribution >= 4 is 5.91 Å². The van der Waals surface area contributed by atoms with Gasteiger partial charge in [-0.25, -0.2) is 8.78 Å². The second-order valence-electron chi connectivity index (χ2n) is 9.13. The Morgan fingerprint density at radius 1 is 0.967 bits per heavy atom. The zero-order chi connectivity index (χ0) is 21.1. The third-order valence-electron chi connectivity index (χ3n) is 6.87. The molecular formula is C25H32F2N2O. The molecule has 5 heteroatoms. The van der Waals surface area contributed by atoms with Crippen molar-refractivity contribution in [2.45, 2.75) is 83.7 Å². The Morgan fingerprint density at radius 3 is 2.20 bits per heavy atom. The summed E-state index contributed by atoms with van der Waals surface area (Å²) in [7, 11) is 0. The molecule has 0 bridgehead atoms. The minimum Gasteiger partial charge on any atom is -0.350 e. The first-order valence-electron chi connectivity index (χ1n) is 11.5. The largest absolute Gasteiger partial charge is 0.350 e. The molecule has 1 amide bonds. The van der Waals surface area contributed by atoms with Crippen molar-refractivity contribution in [3.8, 4) is 11.1 Å². The molecule has 30 heavy (non-hydrogen) atoms. The summed E-state index contributed by atoms with van der Waals surface area (Å²) < 4.78 is 30.0. The molecule has 1 aromatic carbocycles. The highest BCUT2D eigenvalue weighted by atomic mass is 19.1. The lowest BCUT2D eigenvalue weighted by Crippen LogP contribution is -2.36. The summed E-state index contributed by atoms with van der Waals surface area (Å²) in [5.41, 5.74) is 2.48. The molecule has 2 aliphatic rings. The van der Waals surface area contributed by atoms with E-state index in [-0.39, 0.29) is 11.9 Å². The molecule has 1 N–H and O–H groups in total. The van der Waals surface area contributed by atoms with Gasteiger partial charge >= 0.3 is 0 Å². The average molecular weight is 415 g/mol. The molecule has 162 valence electrons. The van der Waals surface area contributed by atoms with Crippen molar-refractivity contribution in [2.75, 3.05) is 0 Å². The maximum atomic E-state index is 14.0. The van der Waals surface area contributed by atoms with Crippen molar-refractivity contribution in [3.05, 3.63) is 47.3 Å². The Balaban J connectivity index is 1.68. The Labute approximate surface area is 177 Å². The molecule has 0 radical (unpaired) electrons. The number of nitrogens with zero attached hydrogens (tertiary/aromatic N) is 1. The number of amides is 1. The van der Waals surface area contributed by atoms with Gasteiger partial charge in [-0.3, -0.25) is 4.79 Å². The average Bonchev–Trinajstić information content (AvgIpc) is 3.05. The zero-order valence-corrected chi connectivity index (χ0v) is 17.9. The van der Waals surface area contributed by atoms with Crippen LogP contribution in [0.4, 0.5) is 8.78 Å². The maximum absolute atomic E-state index is 14.0. The molecule has 0 aliphatic heterocycles. The number of hydrogen-bond acceptors (Lipinski definition) is 1. The van der Waals surface area contributed by atoms with E-state index in [1.165, 1.54) is 50.7 Å². The second-order valence-corrected chi connectivity index (χ2v) is 9.13. The predicted molar refractivity (Wildman–Crippen MR) is 115 cm³/mol. The summed E-state index contributed by atoms with van der Waals surface area (Å²) in [6, 6.07) is 3.70. The predicted octanol–water partition coefficient (Wildman–Crippen LogP) is 6.38. The van der Waals surface area contributed by atoms with Crippen LogP contribution in [0.1, 0.15) is 80.3 Å². The number of carbonyl (C=O) groups is 1. The van der Waals surface area contributed by atoms with Crippen LogP contribution >= 0.6 is 0 Å². The van der Waals surface area contributed by atoms with Gasteiger partial charge in [-0.2, -0.15) is 0 Å². The van der Waals surface area contributed by atoms with Crippen molar-refractivity contribution in [1.29, 1.82) is 0 Å². The minimum absolute atomic E-state index is 0.124. The molecule has 1 heterocycles. The molecule has 2 saturated carbocycles. The van der Waals surface area contributed by atoms with Gasteiger partial charge in [0.2, 0.25) is 0 Å². The molecule has 2 aromatic rings. The van der Waals surface area contributed by atoms with Gasteiger partial charge in [-0.05, 0) is 56.2 Å². The van der Waals surface area contributed by atoms with Crippen LogP contribution in [0.5, 0.6) is 0 Å². The number of halogens is 2. The number of benzene rings is 1. The summed E-state index contributed by atoms with van der Waals surface area (Å²) in [5, 5.41) is 3.19. The minimum atomic E-state index is -0.624. The number of rotatable bonds is 5. The zero-order valence-electron chi connectivity index (χ0n) is 17.9. The molecule has 3 nitrogen and oxygen atoms in total. The third-order valence-corrected chi connectivity index (χ3v) is 6.87. The molecular weight excluding hydrogens is 382 g/mol. The van der Waals surface area contributed by atoms with Gasteiger partial charge in [0.1, 0.15) is 11.6 Å². The van der Waals surface area contributed by atoms with E-state index in [1.54, 1.807) is 0 Å². The van der Waals surface area contributed by atoms with Crippen molar-refractivity contribution < 1.29 is 13.6 Å². The fourth-order valence-electron chi connectivity index (χ4n) is 5.21. The van der Waals surface area contributed by atoms with Crippen LogP contribution in [0.2, 0.25) is 0 Å². The number of hydrogen-bond donors (Lipinski definition) is 1. The van der Waals surface area contributed by atoms with E-state index in [0.717, 1.165) is 44.0 Å². The van der Waals surface area contributed by atoms with Crippen LogP contribution in [-0.2, 0) is 6.54 Å². The van der Waals surface area contributed by atoms with Gasteiger partial charge in [0.25, 0.3) is 5.91 Å². The highest BCUT2D eigenvalue weighted by molar-refractivity contribution is 6.02. The quantitative estimate of drug-likeness (QED) is 0.605. The van der Waals surface area contributed by atoms with Gasteiger partial charge in [-0.15, -0.1) is 0 Å². The van der Waals surface area contributed by atoms with Crippen molar-refractivity contribution in [3.63, 3.8) is 0 Å². The van der Waals surface area contributed by atoms with Crippen LogP contribution in [0.15, 0.2) is 24.4 Å². The molecule has 2 aliphatic carbocycles. The first-order valence-corrected chi connectivity index (χ1v) is 11.5. The van der Waals surface area contributed by atoms with Gasteiger partial charge < -0.3 is 9.88 Å². The summed E-state index contributed by atoms with van der Waals surface area (Å²) in [6.45, 7) is 2.81. The van der Waals surface area contributed by atoms with E-state index >= 15 is 0 Å². The first-order chi connectivity index (χ1) is 14.5. The fraction of sp³-hybridized carbons (Fsp3) is 0.560. The van der Waals surface area contributed by atoms with E-state index < -0.39 is 11.6 Å². The monoisotopic (exact) mass is 414 g/mol. The highest BCUT2D eigenvalue weighted by Gasteiger charge is 2.25. The highest BCUT2D eigenvalue weighted by Crippen LogP contribution is 2.32. The Kier molecular flexibility index (Phi) is 6.55. The van der Waals surface area contributed by atoms with Crippen molar-refractivity contribution in [1.82, 2.24) is 9.88 Å². The van der Waals surface area contributed by atoms with Crippen LogP contribution in [0, 0.1) is 24.5 Å². The van der Waals surface area contributed by atoms with E-state index in [2.05, 4.69) is 9.88 Å². The Morgan fingerprint density at radius 2 is 1.57 bits per heavy atom.